The second kappa shape index (κ2) is 3.49. The van der Waals surface area contributed by atoms with Gasteiger partial charge in [-0.2, -0.15) is 10.2 Å². The maximum atomic E-state index is 5.78. The van der Waals surface area contributed by atoms with E-state index in [1.54, 1.807) is 17.4 Å². The first-order valence-electron chi connectivity index (χ1n) is 3.88. The van der Waals surface area contributed by atoms with E-state index in [9.17, 15) is 0 Å². The number of allylic oxidation sites excluding steroid dienone is 1. The van der Waals surface area contributed by atoms with E-state index in [0.29, 0.717) is 5.16 Å². The van der Waals surface area contributed by atoms with Gasteiger partial charge in [0.1, 0.15) is 5.16 Å². The summed E-state index contributed by atoms with van der Waals surface area (Å²) in [6, 6.07) is 9.73. The largest absolute Gasteiger partial charge is 0.267 e. The summed E-state index contributed by atoms with van der Waals surface area (Å²) in [5.74, 6) is 0. The summed E-state index contributed by atoms with van der Waals surface area (Å²) in [5.41, 5.74) is 3.84. The van der Waals surface area contributed by atoms with Crippen LogP contribution in [-0.4, -0.2) is 6.21 Å². The standard InChI is InChI=1S/C9H8ClN3/c10-9-6-7-11-13(12-9)8-4-2-1-3-5-8/h1-7,12H. The van der Waals surface area contributed by atoms with Gasteiger partial charge in [-0.25, -0.2) is 0 Å². The van der Waals surface area contributed by atoms with Crippen LogP contribution in [0.3, 0.4) is 0 Å². The van der Waals surface area contributed by atoms with Gasteiger partial charge in [0.2, 0.25) is 0 Å². The van der Waals surface area contributed by atoms with Crippen molar-refractivity contribution in [1.29, 1.82) is 0 Å². The van der Waals surface area contributed by atoms with Crippen molar-refractivity contribution in [2.75, 3.05) is 5.12 Å². The third kappa shape index (κ3) is 1.81. The lowest BCUT2D eigenvalue weighted by Gasteiger charge is -2.21. The van der Waals surface area contributed by atoms with Crippen LogP contribution in [0.1, 0.15) is 0 Å². The van der Waals surface area contributed by atoms with Crippen molar-refractivity contribution in [1.82, 2.24) is 5.43 Å². The molecule has 0 aliphatic carbocycles. The Balaban J connectivity index is 2.21. The molecule has 66 valence electrons. The molecule has 1 aromatic carbocycles. The van der Waals surface area contributed by atoms with E-state index < -0.39 is 0 Å². The van der Waals surface area contributed by atoms with Crippen molar-refractivity contribution in [3.05, 3.63) is 41.6 Å². The molecule has 0 spiro atoms. The molecule has 1 aliphatic heterocycles. The van der Waals surface area contributed by atoms with Crippen molar-refractivity contribution in [3.63, 3.8) is 0 Å². The number of para-hydroxylation sites is 1. The third-order valence-electron chi connectivity index (χ3n) is 1.62. The van der Waals surface area contributed by atoms with Crippen LogP contribution >= 0.6 is 11.6 Å². The Bertz CT molecular complexity index is 345. The summed E-state index contributed by atoms with van der Waals surface area (Å²) in [6.07, 6.45) is 3.34. The molecule has 3 nitrogen and oxygen atoms in total. The summed E-state index contributed by atoms with van der Waals surface area (Å²) >= 11 is 5.78. The average Bonchev–Trinajstić information content (AvgIpc) is 2.19. The van der Waals surface area contributed by atoms with Crippen LogP contribution in [0.25, 0.3) is 0 Å². The highest BCUT2D eigenvalue weighted by molar-refractivity contribution is 6.30. The average molecular weight is 194 g/mol. The molecule has 4 heteroatoms. The molecule has 1 aromatic rings. The number of nitrogens with one attached hydrogen (secondary N) is 1. The molecule has 0 radical (unpaired) electrons. The third-order valence-corrected chi connectivity index (χ3v) is 1.83. The van der Waals surface area contributed by atoms with Crippen molar-refractivity contribution in [2.24, 2.45) is 5.10 Å². The molecule has 0 fully saturated rings. The Kier molecular flexibility index (Phi) is 2.19. The second-order valence-corrected chi connectivity index (χ2v) is 2.95. The van der Waals surface area contributed by atoms with E-state index in [-0.39, 0.29) is 0 Å². The summed E-state index contributed by atoms with van der Waals surface area (Å²) in [6.45, 7) is 0. The van der Waals surface area contributed by atoms with Gasteiger partial charge in [0.05, 0.1) is 11.9 Å². The number of benzene rings is 1. The van der Waals surface area contributed by atoms with Crippen molar-refractivity contribution in [2.45, 2.75) is 0 Å². The molecular formula is C9H8ClN3. The van der Waals surface area contributed by atoms with Crippen LogP contribution in [-0.2, 0) is 0 Å². The van der Waals surface area contributed by atoms with Gasteiger partial charge in [0.25, 0.3) is 0 Å². The Morgan fingerprint density at radius 2 is 2.00 bits per heavy atom. The Hall–Kier alpha value is -1.48. The topological polar surface area (TPSA) is 27.6 Å². The minimum atomic E-state index is 0.554. The zero-order chi connectivity index (χ0) is 9.10. The Morgan fingerprint density at radius 1 is 1.23 bits per heavy atom. The highest BCUT2D eigenvalue weighted by Gasteiger charge is 2.06. The molecule has 0 unspecified atom stereocenters. The van der Waals surface area contributed by atoms with Crippen LogP contribution in [0.5, 0.6) is 0 Å². The van der Waals surface area contributed by atoms with Crippen LogP contribution < -0.4 is 10.5 Å². The molecular weight excluding hydrogens is 186 g/mol. The molecule has 1 heterocycles. The molecule has 1 aliphatic rings. The maximum Gasteiger partial charge on any atom is 0.124 e. The minimum Gasteiger partial charge on any atom is -0.267 e. The predicted molar refractivity (Wildman–Crippen MR) is 54.5 cm³/mol. The maximum absolute atomic E-state index is 5.78. The fraction of sp³-hybridized carbons (Fsp3) is 0. The molecule has 0 amide bonds. The number of hydrazine groups is 1. The Labute approximate surface area is 81.3 Å². The molecule has 0 bridgehead atoms. The first-order chi connectivity index (χ1) is 6.36. The molecule has 2 rings (SSSR count). The fourth-order valence-corrected chi connectivity index (χ4v) is 1.17. The summed E-state index contributed by atoms with van der Waals surface area (Å²) in [7, 11) is 0. The lowest BCUT2D eigenvalue weighted by molar-refractivity contribution is 0.762. The van der Waals surface area contributed by atoms with E-state index in [2.05, 4.69) is 10.5 Å². The molecule has 13 heavy (non-hydrogen) atoms. The van der Waals surface area contributed by atoms with Gasteiger partial charge in [-0.05, 0) is 18.2 Å². The van der Waals surface area contributed by atoms with Crippen LogP contribution in [0.4, 0.5) is 5.69 Å². The SMILES string of the molecule is ClC1=CC=NN(c2ccccc2)N1. The lowest BCUT2D eigenvalue weighted by Crippen LogP contribution is -2.33. The van der Waals surface area contributed by atoms with Gasteiger partial charge in [-0.1, -0.05) is 29.8 Å². The Morgan fingerprint density at radius 3 is 2.69 bits per heavy atom. The first kappa shape index (κ1) is 8.13. The van der Waals surface area contributed by atoms with Crippen molar-refractivity contribution < 1.29 is 0 Å². The zero-order valence-electron chi connectivity index (χ0n) is 6.81. The highest BCUT2D eigenvalue weighted by atomic mass is 35.5. The van der Waals surface area contributed by atoms with Crippen molar-refractivity contribution >= 4 is 23.5 Å². The van der Waals surface area contributed by atoms with Gasteiger partial charge in [0.15, 0.2) is 0 Å². The van der Waals surface area contributed by atoms with E-state index in [4.69, 9.17) is 11.6 Å². The van der Waals surface area contributed by atoms with E-state index in [1.165, 1.54) is 0 Å². The zero-order valence-corrected chi connectivity index (χ0v) is 7.57. The fourth-order valence-electron chi connectivity index (χ4n) is 1.03. The monoisotopic (exact) mass is 193 g/mol. The van der Waals surface area contributed by atoms with Gasteiger partial charge < -0.3 is 0 Å². The number of nitrogens with zero attached hydrogens (tertiary/aromatic N) is 2. The van der Waals surface area contributed by atoms with Crippen LogP contribution in [0.2, 0.25) is 0 Å². The number of rotatable bonds is 1. The quantitative estimate of drug-likeness (QED) is 0.692. The van der Waals surface area contributed by atoms with Crippen LogP contribution in [0.15, 0.2) is 46.7 Å². The number of hydrogen-bond donors (Lipinski definition) is 1. The highest BCUT2D eigenvalue weighted by Crippen LogP contribution is 2.14. The normalized spacial score (nSPS) is 15.2. The minimum absolute atomic E-state index is 0.554. The molecule has 0 atom stereocenters. The molecule has 0 saturated carbocycles. The molecule has 0 aromatic heterocycles. The van der Waals surface area contributed by atoms with E-state index in [0.717, 1.165) is 5.69 Å². The number of hydrogen-bond acceptors (Lipinski definition) is 3. The van der Waals surface area contributed by atoms with E-state index in [1.807, 2.05) is 30.3 Å². The summed E-state index contributed by atoms with van der Waals surface area (Å²) in [5, 5.41) is 6.25. The van der Waals surface area contributed by atoms with Crippen LogP contribution in [0, 0.1) is 0 Å². The summed E-state index contributed by atoms with van der Waals surface area (Å²) in [4.78, 5) is 0. The van der Waals surface area contributed by atoms with Gasteiger partial charge in [0, 0.05) is 0 Å². The summed E-state index contributed by atoms with van der Waals surface area (Å²) < 4.78 is 0. The number of hydrazone groups is 1. The van der Waals surface area contributed by atoms with Gasteiger partial charge in [-0.3, -0.25) is 5.43 Å². The number of halogens is 1. The van der Waals surface area contributed by atoms with Gasteiger partial charge >= 0.3 is 0 Å². The number of anilines is 1. The second-order valence-electron chi connectivity index (χ2n) is 2.54. The first-order valence-corrected chi connectivity index (χ1v) is 4.26. The van der Waals surface area contributed by atoms with E-state index >= 15 is 0 Å². The predicted octanol–water partition coefficient (Wildman–Crippen LogP) is 2.08. The molecule has 0 saturated heterocycles. The molecule has 1 N–H and O–H groups in total. The van der Waals surface area contributed by atoms with Gasteiger partial charge in [-0.15, -0.1) is 0 Å². The smallest absolute Gasteiger partial charge is 0.124 e. The van der Waals surface area contributed by atoms with Crippen molar-refractivity contribution in [3.8, 4) is 0 Å². The lowest BCUT2D eigenvalue weighted by atomic mass is 10.3.